The van der Waals surface area contributed by atoms with Gasteiger partial charge in [0.2, 0.25) is 11.3 Å². The number of halogens is 2. The molecule has 0 bridgehead atoms. The molecule has 0 radical (unpaired) electrons. The number of nitrogens with zero attached hydrogens (tertiary/aromatic N) is 2. The zero-order valence-electron chi connectivity index (χ0n) is 18.8. The summed E-state index contributed by atoms with van der Waals surface area (Å²) in [7, 11) is 1.38. The Morgan fingerprint density at radius 3 is 2.29 bits per heavy atom. The normalized spacial score (nSPS) is 10.5. The van der Waals surface area contributed by atoms with E-state index in [2.05, 4.69) is 10.3 Å². The summed E-state index contributed by atoms with van der Waals surface area (Å²) in [6.07, 6.45) is 1.24. The van der Waals surface area contributed by atoms with Gasteiger partial charge in [0.25, 0.3) is 5.91 Å². The largest absolute Gasteiger partial charge is 0.481 e. The number of amides is 1. The molecule has 3 N–H and O–H groups in total. The number of rotatable bonds is 6. The quantitative estimate of drug-likeness (QED) is 0.423. The molecule has 0 fully saturated rings. The molecule has 10 heteroatoms. The third kappa shape index (κ3) is 5.07. The summed E-state index contributed by atoms with van der Waals surface area (Å²) in [5.74, 6) is -2.24. The lowest BCUT2D eigenvalue weighted by atomic mass is 10.1. The summed E-state index contributed by atoms with van der Waals surface area (Å²) in [4.78, 5) is 41.7. The topological polar surface area (TPSA) is 122 Å². The van der Waals surface area contributed by atoms with Gasteiger partial charge in [-0.1, -0.05) is 6.07 Å². The Balaban J connectivity index is 0.00000342. The summed E-state index contributed by atoms with van der Waals surface area (Å²) in [6.45, 7) is 1.14. The number of anilines is 1. The first-order chi connectivity index (χ1) is 16.3. The number of aromatic nitrogens is 2. The maximum absolute atomic E-state index is 14.3. The number of benzene rings is 2. The molecule has 0 spiro atoms. The Labute approximate surface area is 198 Å². The van der Waals surface area contributed by atoms with E-state index < -0.39 is 23.0 Å². The highest BCUT2D eigenvalue weighted by Crippen LogP contribution is 2.20. The van der Waals surface area contributed by atoms with Crippen molar-refractivity contribution in [3.63, 3.8) is 0 Å². The lowest BCUT2D eigenvalue weighted by Crippen LogP contribution is -2.25. The SMILES string of the molecule is COc1ccc2c(n1)c(=O)c(C(=O)Nc1ccc(C(C)=O)cc1)cn2Cc1c(F)cccc1F.O. The third-order valence-electron chi connectivity index (χ3n) is 5.30. The van der Waals surface area contributed by atoms with E-state index in [0.717, 1.165) is 12.1 Å². The van der Waals surface area contributed by atoms with Crippen LogP contribution in [0.3, 0.4) is 0 Å². The highest BCUT2D eigenvalue weighted by molar-refractivity contribution is 6.05. The second-order valence-corrected chi connectivity index (χ2v) is 7.51. The molecule has 4 rings (SSSR count). The van der Waals surface area contributed by atoms with E-state index in [1.165, 1.54) is 55.1 Å². The van der Waals surface area contributed by atoms with Gasteiger partial charge >= 0.3 is 0 Å². The number of carbonyl (C=O) groups excluding carboxylic acids is 2. The summed E-state index contributed by atoms with van der Waals surface area (Å²) < 4.78 is 35.1. The fourth-order valence-corrected chi connectivity index (χ4v) is 3.49. The molecule has 0 saturated heterocycles. The average molecular weight is 481 g/mol. The molecule has 4 aromatic rings. The van der Waals surface area contributed by atoms with Crippen LogP contribution in [0.25, 0.3) is 11.0 Å². The van der Waals surface area contributed by atoms with E-state index in [1.807, 2.05) is 0 Å². The van der Waals surface area contributed by atoms with Crippen LogP contribution in [-0.2, 0) is 6.54 Å². The average Bonchev–Trinajstić information content (AvgIpc) is 2.82. The van der Waals surface area contributed by atoms with Crippen molar-refractivity contribution in [3.8, 4) is 5.88 Å². The van der Waals surface area contributed by atoms with Crippen molar-refractivity contribution in [1.82, 2.24) is 9.55 Å². The van der Waals surface area contributed by atoms with E-state index in [1.54, 1.807) is 12.1 Å². The third-order valence-corrected chi connectivity index (χ3v) is 5.30. The minimum atomic E-state index is -0.759. The Kier molecular flexibility index (Phi) is 7.36. The minimum absolute atomic E-state index is 0. The molecular weight excluding hydrogens is 460 g/mol. The lowest BCUT2D eigenvalue weighted by molar-refractivity contribution is 0.101. The zero-order chi connectivity index (χ0) is 24.4. The summed E-state index contributed by atoms with van der Waals surface area (Å²) in [6, 6.07) is 12.7. The molecule has 0 unspecified atom stereocenters. The van der Waals surface area contributed by atoms with Crippen LogP contribution in [0, 0.1) is 11.6 Å². The summed E-state index contributed by atoms with van der Waals surface area (Å²) in [5.41, 5.74) is -0.160. The van der Waals surface area contributed by atoms with Crippen LogP contribution in [-0.4, -0.2) is 33.8 Å². The lowest BCUT2D eigenvalue weighted by Gasteiger charge is -2.15. The molecule has 0 aliphatic carbocycles. The number of Topliss-reactive ketones (excluding diaryl/α,β-unsaturated/α-hetero) is 1. The fourth-order valence-electron chi connectivity index (χ4n) is 3.49. The number of methoxy groups -OCH3 is 1. The number of hydrogen-bond acceptors (Lipinski definition) is 5. The molecule has 0 aliphatic heterocycles. The standard InChI is InChI=1S/C25H19F2N3O4.H2O/c1-14(31)15-6-8-16(9-7-15)28-25(33)18-13-30(12-17-19(26)4-3-5-20(17)27)21-10-11-22(34-2)29-23(21)24(18)32;/h3-11,13H,12H2,1-2H3,(H,28,33);1H2. The van der Waals surface area contributed by atoms with Crippen LogP contribution in [0.4, 0.5) is 14.5 Å². The number of hydrogen-bond donors (Lipinski definition) is 1. The summed E-state index contributed by atoms with van der Waals surface area (Å²) >= 11 is 0. The molecule has 0 saturated carbocycles. The number of pyridine rings is 2. The van der Waals surface area contributed by atoms with Crippen molar-refractivity contribution in [2.75, 3.05) is 12.4 Å². The number of carbonyl (C=O) groups is 2. The minimum Gasteiger partial charge on any atom is -0.481 e. The van der Waals surface area contributed by atoms with Crippen LogP contribution >= 0.6 is 0 Å². The van der Waals surface area contributed by atoms with Gasteiger partial charge in [0.1, 0.15) is 22.7 Å². The van der Waals surface area contributed by atoms with Crippen LogP contribution < -0.4 is 15.5 Å². The Morgan fingerprint density at radius 1 is 1.03 bits per heavy atom. The predicted molar refractivity (Wildman–Crippen MR) is 126 cm³/mol. The Morgan fingerprint density at radius 2 is 1.69 bits per heavy atom. The van der Waals surface area contributed by atoms with Gasteiger partial charge in [-0.05, 0) is 49.4 Å². The van der Waals surface area contributed by atoms with Crippen LogP contribution in [0.2, 0.25) is 0 Å². The van der Waals surface area contributed by atoms with Gasteiger partial charge in [-0.15, -0.1) is 0 Å². The second-order valence-electron chi connectivity index (χ2n) is 7.51. The van der Waals surface area contributed by atoms with Crippen molar-refractivity contribution >= 4 is 28.4 Å². The zero-order valence-corrected chi connectivity index (χ0v) is 18.8. The molecule has 2 aromatic heterocycles. The van der Waals surface area contributed by atoms with Gasteiger partial charge < -0.3 is 20.1 Å². The highest BCUT2D eigenvalue weighted by Gasteiger charge is 2.19. The van der Waals surface area contributed by atoms with Crippen molar-refractivity contribution in [3.05, 3.63) is 99.3 Å². The molecule has 0 aliphatic rings. The number of ether oxygens (including phenoxy) is 1. The number of nitrogens with one attached hydrogen (secondary N) is 1. The molecule has 1 amide bonds. The van der Waals surface area contributed by atoms with Crippen LogP contribution in [0.1, 0.15) is 33.2 Å². The van der Waals surface area contributed by atoms with Gasteiger partial charge in [0, 0.05) is 29.1 Å². The molecule has 2 aromatic carbocycles. The Hall–Kier alpha value is -4.44. The van der Waals surface area contributed by atoms with E-state index in [9.17, 15) is 23.2 Å². The predicted octanol–water partition coefficient (Wildman–Crippen LogP) is 3.36. The van der Waals surface area contributed by atoms with Crippen molar-refractivity contribution in [1.29, 1.82) is 0 Å². The fraction of sp³-hybridized carbons (Fsp3) is 0.120. The molecule has 2 heterocycles. The van der Waals surface area contributed by atoms with E-state index in [4.69, 9.17) is 4.74 Å². The Bertz CT molecular complexity index is 1460. The van der Waals surface area contributed by atoms with Crippen molar-refractivity contribution in [2.24, 2.45) is 0 Å². The van der Waals surface area contributed by atoms with Crippen molar-refractivity contribution in [2.45, 2.75) is 13.5 Å². The molecule has 35 heavy (non-hydrogen) atoms. The highest BCUT2D eigenvalue weighted by atomic mass is 19.1. The molecule has 180 valence electrons. The van der Waals surface area contributed by atoms with E-state index in [-0.39, 0.29) is 45.8 Å². The van der Waals surface area contributed by atoms with Gasteiger partial charge in [0.15, 0.2) is 5.78 Å². The van der Waals surface area contributed by atoms with E-state index in [0.29, 0.717) is 11.3 Å². The maximum Gasteiger partial charge on any atom is 0.261 e. The van der Waals surface area contributed by atoms with Gasteiger partial charge in [0.05, 0.1) is 19.2 Å². The molecular formula is C25H21F2N3O5. The van der Waals surface area contributed by atoms with Crippen LogP contribution in [0.15, 0.2) is 65.6 Å². The monoisotopic (exact) mass is 481 g/mol. The summed E-state index contributed by atoms with van der Waals surface area (Å²) in [5, 5.41) is 2.60. The first-order valence-corrected chi connectivity index (χ1v) is 10.2. The van der Waals surface area contributed by atoms with Gasteiger partial charge in [-0.3, -0.25) is 14.4 Å². The second kappa shape index (κ2) is 10.2. The van der Waals surface area contributed by atoms with Gasteiger partial charge in [-0.2, -0.15) is 0 Å². The first-order valence-electron chi connectivity index (χ1n) is 10.2. The first kappa shape index (κ1) is 25.2. The van der Waals surface area contributed by atoms with E-state index >= 15 is 0 Å². The van der Waals surface area contributed by atoms with Gasteiger partial charge in [-0.25, -0.2) is 13.8 Å². The van der Waals surface area contributed by atoms with Crippen molar-refractivity contribution < 1.29 is 28.6 Å². The number of fused-ring (bicyclic) bond motifs is 1. The molecule has 0 atom stereocenters. The smallest absolute Gasteiger partial charge is 0.261 e. The molecule has 8 nitrogen and oxygen atoms in total. The maximum atomic E-state index is 14.3. The van der Waals surface area contributed by atoms with Crippen LogP contribution in [0.5, 0.6) is 5.88 Å². The number of ketones is 1.